The molecule has 10 nitrogen and oxygen atoms in total. The Morgan fingerprint density at radius 2 is 0.917 bits per heavy atom. The maximum Gasteiger partial charge on any atom is 0.226 e. The molecule has 3 aromatic carbocycles. The number of amides is 3. The van der Waals surface area contributed by atoms with E-state index >= 15 is 0 Å². The molecule has 36 heavy (non-hydrogen) atoms. The molecule has 0 saturated carbocycles. The molecule has 0 heterocycles. The highest BCUT2D eigenvalue weighted by Gasteiger charge is 2.36. The summed E-state index contributed by atoms with van der Waals surface area (Å²) in [5.41, 5.74) is 19.2. The molecule has 0 bridgehead atoms. The van der Waals surface area contributed by atoms with Crippen LogP contribution in [0.25, 0.3) is 0 Å². The van der Waals surface area contributed by atoms with Gasteiger partial charge in [-0.05, 0) is 61.6 Å². The molecule has 3 rings (SSSR count). The number of benzene rings is 3. The van der Waals surface area contributed by atoms with Crippen molar-refractivity contribution in [2.24, 2.45) is 0 Å². The van der Waals surface area contributed by atoms with E-state index in [1.165, 1.54) is 0 Å². The van der Waals surface area contributed by atoms with E-state index in [-0.39, 0.29) is 37.0 Å². The number of carbonyl (C=O) groups excluding carboxylic acids is 3. The molecule has 0 unspecified atom stereocenters. The van der Waals surface area contributed by atoms with Gasteiger partial charge in [0.2, 0.25) is 17.7 Å². The van der Waals surface area contributed by atoms with Crippen molar-refractivity contribution < 1.29 is 14.4 Å². The minimum atomic E-state index is -1.20. The van der Waals surface area contributed by atoms with Gasteiger partial charge in [0.05, 0.1) is 0 Å². The molecule has 0 aromatic heterocycles. The lowest BCUT2D eigenvalue weighted by Crippen LogP contribution is -2.50. The average molecular weight is 490 g/mol. The number of anilines is 6. The Morgan fingerprint density at radius 1 is 0.611 bits per heavy atom. The monoisotopic (exact) mass is 489 g/mol. The summed E-state index contributed by atoms with van der Waals surface area (Å²) in [7, 11) is 1.61. The van der Waals surface area contributed by atoms with Gasteiger partial charge >= 0.3 is 0 Å². The van der Waals surface area contributed by atoms with E-state index in [2.05, 4.69) is 21.3 Å². The molecule has 0 fully saturated rings. The van der Waals surface area contributed by atoms with Gasteiger partial charge in [0, 0.05) is 58.9 Å². The second-order valence-corrected chi connectivity index (χ2v) is 8.58. The highest BCUT2D eigenvalue weighted by atomic mass is 16.2. The van der Waals surface area contributed by atoms with Crippen LogP contribution in [0.2, 0.25) is 0 Å². The summed E-state index contributed by atoms with van der Waals surface area (Å²) < 4.78 is 0. The molecule has 0 aliphatic rings. The zero-order valence-corrected chi connectivity index (χ0v) is 20.0. The number of hydrogen-bond acceptors (Lipinski definition) is 7. The van der Waals surface area contributed by atoms with Crippen molar-refractivity contribution in [1.29, 1.82) is 0 Å². The Labute approximate surface area is 209 Å². The van der Waals surface area contributed by atoms with Crippen LogP contribution in [0.15, 0.2) is 72.8 Å². The first-order valence-corrected chi connectivity index (χ1v) is 11.3. The standard InChI is InChI=1S/C26H31N7O3/c1-30-26(14-23(34)31-20-8-2-5-17(27)11-20,15-24(35)32-21-9-3-6-18(28)12-21)16-25(36)33-22-10-4-7-19(29)13-22/h2-13,30H,14-16,27-29H2,1H3,(H,31,34)(H,32,35)(H,33,36). The fourth-order valence-corrected chi connectivity index (χ4v) is 3.84. The fraction of sp³-hybridized carbons (Fsp3) is 0.192. The highest BCUT2D eigenvalue weighted by molar-refractivity contribution is 5.98. The molecule has 188 valence electrons. The summed E-state index contributed by atoms with van der Waals surface area (Å²) in [4.78, 5) is 38.9. The van der Waals surface area contributed by atoms with Gasteiger partial charge < -0.3 is 38.5 Å². The zero-order valence-electron chi connectivity index (χ0n) is 20.0. The van der Waals surface area contributed by atoms with Crippen molar-refractivity contribution in [1.82, 2.24) is 5.32 Å². The second kappa shape index (κ2) is 11.7. The summed E-state index contributed by atoms with van der Waals surface area (Å²) in [5, 5.41) is 11.4. The highest BCUT2D eigenvalue weighted by Crippen LogP contribution is 2.25. The van der Waals surface area contributed by atoms with Crippen LogP contribution in [0.3, 0.4) is 0 Å². The Morgan fingerprint density at radius 3 is 1.17 bits per heavy atom. The van der Waals surface area contributed by atoms with Crippen molar-refractivity contribution in [3.8, 4) is 0 Å². The maximum absolute atomic E-state index is 13.0. The number of nitrogen functional groups attached to an aromatic ring is 3. The van der Waals surface area contributed by atoms with Crippen LogP contribution in [0, 0.1) is 0 Å². The molecular weight excluding hydrogens is 458 g/mol. The predicted octanol–water partition coefficient (Wildman–Crippen LogP) is 2.78. The van der Waals surface area contributed by atoms with Crippen LogP contribution >= 0.6 is 0 Å². The number of carbonyl (C=O) groups is 3. The molecule has 3 aromatic rings. The molecule has 0 radical (unpaired) electrons. The maximum atomic E-state index is 13.0. The van der Waals surface area contributed by atoms with E-state index in [0.717, 1.165) is 0 Å². The second-order valence-electron chi connectivity index (χ2n) is 8.58. The quantitative estimate of drug-likeness (QED) is 0.214. The lowest BCUT2D eigenvalue weighted by atomic mass is 9.86. The van der Waals surface area contributed by atoms with Gasteiger partial charge in [-0.15, -0.1) is 0 Å². The molecular formula is C26H31N7O3. The first-order valence-electron chi connectivity index (χ1n) is 11.3. The third-order valence-corrected chi connectivity index (χ3v) is 5.54. The molecule has 0 aliphatic heterocycles. The summed E-state index contributed by atoms with van der Waals surface area (Å²) in [5.74, 6) is -1.16. The SMILES string of the molecule is CNC(CC(=O)Nc1cccc(N)c1)(CC(=O)Nc1cccc(N)c1)CC(=O)Nc1cccc(N)c1. The smallest absolute Gasteiger partial charge is 0.226 e. The molecule has 0 saturated heterocycles. The topological polar surface area (TPSA) is 177 Å². The lowest BCUT2D eigenvalue weighted by molar-refractivity contribution is -0.122. The van der Waals surface area contributed by atoms with Crippen LogP contribution in [0.4, 0.5) is 34.1 Å². The minimum absolute atomic E-state index is 0.160. The van der Waals surface area contributed by atoms with Crippen LogP contribution in [-0.2, 0) is 14.4 Å². The van der Waals surface area contributed by atoms with Crippen molar-refractivity contribution in [3.63, 3.8) is 0 Å². The fourth-order valence-electron chi connectivity index (χ4n) is 3.84. The van der Waals surface area contributed by atoms with Crippen LogP contribution in [0.1, 0.15) is 19.3 Å². The predicted molar refractivity (Wildman–Crippen MR) is 144 cm³/mol. The van der Waals surface area contributed by atoms with Gasteiger partial charge in [0.25, 0.3) is 0 Å². The van der Waals surface area contributed by atoms with E-state index in [4.69, 9.17) is 17.2 Å². The Bertz CT molecular complexity index is 1100. The largest absolute Gasteiger partial charge is 0.399 e. The van der Waals surface area contributed by atoms with E-state index in [9.17, 15) is 14.4 Å². The van der Waals surface area contributed by atoms with Crippen LogP contribution in [-0.4, -0.2) is 30.3 Å². The van der Waals surface area contributed by atoms with Gasteiger partial charge in [-0.1, -0.05) is 18.2 Å². The summed E-state index contributed by atoms with van der Waals surface area (Å²) in [6.45, 7) is 0. The Balaban J connectivity index is 1.79. The van der Waals surface area contributed by atoms with Crippen LogP contribution < -0.4 is 38.5 Å². The summed E-state index contributed by atoms with van der Waals surface area (Å²) in [6.07, 6.45) is -0.479. The number of rotatable bonds is 10. The van der Waals surface area contributed by atoms with Gasteiger partial charge in [-0.2, -0.15) is 0 Å². The average Bonchev–Trinajstić information content (AvgIpc) is 2.78. The molecule has 0 atom stereocenters. The third-order valence-electron chi connectivity index (χ3n) is 5.54. The van der Waals surface area contributed by atoms with E-state index in [0.29, 0.717) is 34.1 Å². The van der Waals surface area contributed by atoms with Crippen molar-refractivity contribution >= 4 is 51.8 Å². The molecule has 10 N–H and O–H groups in total. The van der Waals surface area contributed by atoms with Crippen molar-refractivity contribution in [2.45, 2.75) is 24.8 Å². The molecule has 10 heteroatoms. The first-order chi connectivity index (χ1) is 17.2. The number of nitrogens with two attached hydrogens (primary N) is 3. The number of nitrogens with one attached hydrogen (secondary N) is 4. The lowest BCUT2D eigenvalue weighted by Gasteiger charge is -2.32. The van der Waals surface area contributed by atoms with E-state index < -0.39 is 5.54 Å². The van der Waals surface area contributed by atoms with Gasteiger partial charge in [-0.3, -0.25) is 14.4 Å². The Hall–Kier alpha value is -4.57. The van der Waals surface area contributed by atoms with Gasteiger partial charge in [0.15, 0.2) is 0 Å². The normalized spacial score (nSPS) is 10.9. The Kier molecular flexibility index (Phi) is 8.48. The van der Waals surface area contributed by atoms with E-state index in [1.807, 2.05) is 0 Å². The van der Waals surface area contributed by atoms with Crippen LogP contribution in [0.5, 0.6) is 0 Å². The van der Waals surface area contributed by atoms with Crippen molar-refractivity contribution in [2.75, 3.05) is 40.2 Å². The van der Waals surface area contributed by atoms with Crippen molar-refractivity contribution in [3.05, 3.63) is 72.8 Å². The summed E-state index contributed by atoms with van der Waals surface area (Å²) in [6, 6.07) is 20.2. The molecule has 3 amide bonds. The number of hydrogen-bond donors (Lipinski definition) is 7. The third kappa shape index (κ3) is 7.74. The zero-order chi connectivity index (χ0) is 26.1. The molecule has 0 aliphatic carbocycles. The first kappa shape index (κ1) is 26.0. The molecule has 0 spiro atoms. The van der Waals surface area contributed by atoms with E-state index in [1.54, 1.807) is 79.8 Å². The summed E-state index contributed by atoms with van der Waals surface area (Å²) >= 11 is 0. The van der Waals surface area contributed by atoms with Gasteiger partial charge in [0.1, 0.15) is 0 Å². The van der Waals surface area contributed by atoms with Gasteiger partial charge in [-0.25, -0.2) is 0 Å². The minimum Gasteiger partial charge on any atom is -0.399 e.